The van der Waals surface area contributed by atoms with E-state index in [1.165, 1.54) is 0 Å². The maximum absolute atomic E-state index is 4.45. The van der Waals surface area contributed by atoms with Crippen LogP contribution in [-0.4, -0.2) is 17.0 Å². The van der Waals surface area contributed by atoms with Crippen molar-refractivity contribution >= 4 is 16.9 Å². The SMILES string of the molecule is C=C(C)N(C)c1ncc2ccccc2n1. The van der Waals surface area contributed by atoms with E-state index in [2.05, 4.69) is 16.5 Å². The van der Waals surface area contributed by atoms with Crippen LogP contribution in [0.3, 0.4) is 0 Å². The molecule has 1 aromatic carbocycles. The molecule has 0 amide bonds. The van der Waals surface area contributed by atoms with Crippen molar-refractivity contribution in [3.8, 4) is 0 Å². The standard InChI is InChI=1S/C12H13N3/c1-9(2)15(3)12-13-8-10-6-4-5-7-11(10)14-12/h4-8H,1H2,2-3H3. The number of benzene rings is 1. The number of hydrogen-bond acceptors (Lipinski definition) is 3. The topological polar surface area (TPSA) is 29.0 Å². The van der Waals surface area contributed by atoms with Crippen LogP contribution in [0.1, 0.15) is 6.92 Å². The lowest BCUT2D eigenvalue weighted by Crippen LogP contribution is -2.16. The molecule has 0 aliphatic rings. The predicted octanol–water partition coefficient (Wildman–Crippen LogP) is 2.60. The third-order valence-electron chi connectivity index (χ3n) is 2.35. The van der Waals surface area contributed by atoms with Gasteiger partial charge in [-0.15, -0.1) is 0 Å². The van der Waals surface area contributed by atoms with Crippen LogP contribution < -0.4 is 4.90 Å². The summed E-state index contributed by atoms with van der Waals surface area (Å²) >= 11 is 0. The van der Waals surface area contributed by atoms with Crippen molar-refractivity contribution in [1.82, 2.24) is 9.97 Å². The third kappa shape index (κ3) is 1.81. The minimum absolute atomic E-state index is 0.682. The van der Waals surface area contributed by atoms with Gasteiger partial charge in [-0.3, -0.25) is 0 Å². The molecule has 76 valence electrons. The molecule has 2 rings (SSSR count). The summed E-state index contributed by atoms with van der Waals surface area (Å²) in [6, 6.07) is 7.93. The average molecular weight is 199 g/mol. The number of fused-ring (bicyclic) bond motifs is 1. The van der Waals surface area contributed by atoms with Crippen molar-refractivity contribution in [1.29, 1.82) is 0 Å². The molecule has 1 aromatic heterocycles. The molecule has 0 saturated carbocycles. The second kappa shape index (κ2) is 3.69. The average Bonchev–Trinajstić information content (AvgIpc) is 2.27. The molecule has 0 radical (unpaired) electrons. The highest BCUT2D eigenvalue weighted by Gasteiger charge is 2.04. The minimum Gasteiger partial charge on any atom is -0.318 e. The van der Waals surface area contributed by atoms with Gasteiger partial charge in [0.2, 0.25) is 5.95 Å². The molecule has 3 nitrogen and oxygen atoms in total. The number of rotatable bonds is 2. The normalized spacial score (nSPS) is 10.3. The van der Waals surface area contributed by atoms with Gasteiger partial charge in [-0.1, -0.05) is 24.8 Å². The summed E-state index contributed by atoms with van der Waals surface area (Å²) in [6.07, 6.45) is 1.83. The van der Waals surface area contributed by atoms with Crippen LogP contribution in [0.4, 0.5) is 5.95 Å². The smallest absolute Gasteiger partial charge is 0.229 e. The van der Waals surface area contributed by atoms with E-state index in [1.54, 1.807) is 0 Å². The Hall–Kier alpha value is -1.90. The Morgan fingerprint density at radius 3 is 2.80 bits per heavy atom. The molecule has 0 unspecified atom stereocenters. The van der Waals surface area contributed by atoms with Gasteiger partial charge in [0.1, 0.15) is 0 Å². The summed E-state index contributed by atoms with van der Waals surface area (Å²) in [6.45, 7) is 5.79. The van der Waals surface area contributed by atoms with Gasteiger partial charge in [-0.05, 0) is 13.0 Å². The molecule has 3 heteroatoms. The zero-order valence-corrected chi connectivity index (χ0v) is 8.94. The molecule has 0 bridgehead atoms. The third-order valence-corrected chi connectivity index (χ3v) is 2.35. The number of allylic oxidation sites excluding steroid dienone is 1. The molecule has 0 spiro atoms. The first-order chi connectivity index (χ1) is 7.18. The van der Waals surface area contributed by atoms with Gasteiger partial charge in [-0.2, -0.15) is 0 Å². The number of nitrogens with zero attached hydrogens (tertiary/aromatic N) is 3. The molecule has 0 N–H and O–H groups in total. The molecular weight excluding hydrogens is 186 g/mol. The van der Waals surface area contributed by atoms with Gasteiger partial charge in [0, 0.05) is 24.3 Å². The van der Waals surface area contributed by atoms with Crippen molar-refractivity contribution in [2.24, 2.45) is 0 Å². The second-order valence-electron chi connectivity index (χ2n) is 3.52. The van der Waals surface area contributed by atoms with Gasteiger partial charge >= 0.3 is 0 Å². The second-order valence-corrected chi connectivity index (χ2v) is 3.52. The van der Waals surface area contributed by atoms with Gasteiger partial charge < -0.3 is 4.90 Å². The molecule has 0 saturated heterocycles. The lowest BCUT2D eigenvalue weighted by molar-refractivity contribution is 1.00. The van der Waals surface area contributed by atoms with Crippen LogP contribution in [-0.2, 0) is 0 Å². The Morgan fingerprint density at radius 2 is 2.07 bits per heavy atom. The number of hydrogen-bond donors (Lipinski definition) is 0. The van der Waals surface area contributed by atoms with Crippen molar-refractivity contribution in [2.75, 3.05) is 11.9 Å². The van der Waals surface area contributed by atoms with Crippen LogP contribution in [0.2, 0.25) is 0 Å². The maximum Gasteiger partial charge on any atom is 0.229 e. The summed E-state index contributed by atoms with van der Waals surface area (Å²) in [5, 5.41) is 1.05. The van der Waals surface area contributed by atoms with Crippen LogP contribution in [0, 0.1) is 0 Å². The quantitative estimate of drug-likeness (QED) is 0.744. The summed E-state index contributed by atoms with van der Waals surface area (Å²) < 4.78 is 0. The fourth-order valence-corrected chi connectivity index (χ4v) is 1.29. The Morgan fingerprint density at radius 1 is 1.33 bits per heavy atom. The fraction of sp³-hybridized carbons (Fsp3) is 0.167. The zero-order chi connectivity index (χ0) is 10.8. The highest BCUT2D eigenvalue weighted by atomic mass is 15.2. The van der Waals surface area contributed by atoms with E-state index in [1.807, 2.05) is 49.3 Å². The van der Waals surface area contributed by atoms with Crippen molar-refractivity contribution in [3.05, 3.63) is 42.7 Å². The molecular formula is C12H13N3. The van der Waals surface area contributed by atoms with Crippen molar-refractivity contribution < 1.29 is 0 Å². The van der Waals surface area contributed by atoms with Gasteiger partial charge in [0.15, 0.2) is 0 Å². The first kappa shape index (κ1) is 9.65. The van der Waals surface area contributed by atoms with E-state index in [9.17, 15) is 0 Å². The van der Waals surface area contributed by atoms with Gasteiger partial charge in [0.05, 0.1) is 5.52 Å². The van der Waals surface area contributed by atoms with E-state index >= 15 is 0 Å². The van der Waals surface area contributed by atoms with Gasteiger partial charge in [0.25, 0.3) is 0 Å². The lowest BCUT2D eigenvalue weighted by atomic mass is 10.2. The summed E-state index contributed by atoms with van der Waals surface area (Å²) in [5.74, 6) is 0.682. The van der Waals surface area contributed by atoms with Crippen molar-refractivity contribution in [2.45, 2.75) is 6.92 Å². The fourth-order valence-electron chi connectivity index (χ4n) is 1.29. The molecule has 0 fully saturated rings. The Kier molecular flexibility index (Phi) is 2.37. The highest BCUT2D eigenvalue weighted by Crippen LogP contribution is 2.15. The van der Waals surface area contributed by atoms with Crippen molar-refractivity contribution in [3.63, 3.8) is 0 Å². The van der Waals surface area contributed by atoms with E-state index in [0.717, 1.165) is 16.6 Å². The number of anilines is 1. The first-order valence-corrected chi connectivity index (χ1v) is 4.79. The monoisotopic (exact) mass is 199 g/mol. The number of aromatic nitrogens is 2. The Bertz CT molecular complexity index is 505. The molecule has 15 heavy (non-hydrogen) atoms. The molecule has 0 aliphatic heterocycles. The van der Waals surface area contributed by atoms with Crippen LogP contribution in [0.5, 0.6) is 0 Å². The van der Waals surface area contributed by atoms with Crippen LogP contribution in [0.15, 0.2) is 42.7 Å². The largest absolute Gasteiger partial charge is 0.318 e. The van der Waals surface area contributed by atoms with Crippen LogP contribution >= 0.6 is 0 Å². The maximum atomic E-state index is 4.45. The summed E-state index contributed by atoms with van der Waals surface area (Å²) in [5.41, 5.74) is 1.88. The minimum atomic E-state index is 0.682. The van der Waals surface area contributed by atoms with E-state index < -0.39 is 0 Å². The molecule has 1 heterocycles. The predicted molar refractivity (Wildman–Crippen MR) is 62.8 cm³/mol. The van der Waals surface area contributed by atoms with Crippen LogP contribution in [0.25, 0.3) is 10.9 Å². The molecule has 0 atom stereocenters. The Balaban J connectivity index is 2.51. The Labute approximate surface area is 89.1 Å². The first-order valence-electron chi connectivity index (χ1n) is 4.79. The molecule has 0 aliphatic carbocycles. The van der Waals surface area contributed by atoms with E-state index in [4.69, 9.17) is 0 Å². The lowest BCUT2D eigenvalue weighted by Gasteiger charge is -2.16. The van der Waals surface area contributed by atoms with Gasteiger partial charge in [-0.25, -0.2) is 9.97 Å². The number of para-hydroxylation sites is 1. The van der Waals surface area contributed by atoms with E-state index in [-0.39, 0.29) is 0 Å². The highest BCUT2D eigenvalue weighted by molar-refractivity contribution is 5.78. The van der Waals surface area contributed by atoms with E-state index in [0.29, 0.717) is 5.95 Å². The zero-order valence-electron chi connectivity index (χ0n) is 8.94. The summed E-state index contributed by atoms with van der Waals surface area (Å²) in [7, 11) is 1.91. The molecule has 2 aromatic rings. The summed E-state index contributed by atoms with van der Waals surface area (Å²) in [4.78, 5) is 10.6.